The van der Waals surface area contributed by atoms with Crippen molar-refractivity contribution in [3.05, 3.63) is 33.2 Å². The Labute approximate surface area is 131 Å². The first kappa shape index (κ1) is 15.9. The number of aromatic nitrogens is 3. The first-order valence-corrected chi connectivity index (χ1v) is 7.76. The summed E-state index contributed by atoms with van der Waals surface area (Å²) in [6.07, 6.45) is 3.04. The molecular weight excluding hydrogens is 312 g/mol. The van der Waals surface area contributed by atoms with Crippen LogP contribution in [-0.4, -0.2) is 44.6 Å². The summed E-state index contributed by atoms with van der Waals surface area (Å²) in [4.78, 5) is 14.8. The second kappa shape index (κ2) is 7.53. The van der Waals surface area contributed by atoms with Crippen molar-refractivity contribution in [1.82, 2.24) is 19.9 Å². The van der Waals surface area contributed by atoms with Crippen LogP contribution in [0.5, 0.6) is 0 Å². The summed E-state index contributed by atoms with van der Waals surface area (Å²) in [6, 6.07) is 3.74. The number of halogens is 1. The van der Waals surface area contributed by atoms with Crippen molar-refractivity contribution in [2.45, 2.75) is 25.9 Å². The van der Waals surface area contributed by atoms with Gasteiger partial charge < -0.3 is 10.0 Å². The van der Waals surface area contributed by atoms with E-state index in [-0.39, 0.29) is 19.1 Å². The number of carbonyl (C=O) groups is 1. The molecule has 0 aliphatic carbocycles. The Balaban J connectivity index is 1.86. The molecule has 0 radical (unpaired) electrons. The standard InChI is InChI=1S/C13H17ClN4O2S/c1-17(8-11-4-5-12(14)21-11)13(20)9-18-7-10(15-16-18)3-2-6-19/h4-5,7,19H,2-3,6,8-9H2,1H3. The van der Waals surface area contributed by atoms with Gasteiger partial charge in [0.1, 0.15) is 6.54 Å². The number of hydrogen-bond donors (Lipinski definition) is 1. The van der Waals surface area contributed by atoms with Crippen molar-refractivity contribution in [3.63, 3.8) is 0 Å². The number of aliphatic hydroxyl groups is 1. The Hall–Kier alpha value is -1.44. The third-order valence-electron chi connectivity index (χ3n) is 2.92. The maximum Gasteiger partial charge on any atom is 0.244 e. The molecule has 0 saturated heterocycles. The minimum Gasteiger partial charge on any atom is -0.396 e. The van der Waals surface area contributed by atoms with Crippen LogP contribution >= 0.6 is 22.9 Å². The van der Waals surface area contributed by atoms with Crippen LogP contribution in [0.15, 0.2) is 18.3 Å². The molecule has 0 aromatic carbocycles. The van der Waals surface area contributed by atoms with Gasteiger partial charge in [-0.3, -0.25) is 4.79 Å². The van der Waals surface area contributed by atoms with Gasteiger partial charge in [0.05, 0.1) is 16.6 Å². The highest BCUT2D eigenvalue weighted by atomic mass is 35.5. The molecule has 2 heterocycles. The van der Waals surface area contributed by atoms with Crippen molar-refractivity contribution in [2.24, 2.45) is 0 Å². The van der Waals surface area contributed by atoms with Crippen LogP contribution < -0.4 is 0 Å². The molecule has 0 bridgehead atoms. The van der Waals surface area contributed by atoms with Crippen molar-refractivity contribution in [3.8, 4) is 0 Å². The number of amides is 1. The second-order valence-electron chi connectivity index (χ2n) is 4.69. The molecule has 0 fully saturated rings. The minimum absolute atomic E-state index is 0.0434. The van der Waals surface area contributed by atoms with Crippen molar-refractivity contribution in [2.75, 3.05) is 13.7 Å². The van der Waals surface area contributed by atoms with Crippen LogP contribution in [0.2, 0.25) is 4.34 Å². The smallest absolute Gasteiger partial charge is 0.244 e. The Kier molecular flexibility index (Phi) is 5.72. The number of aryl methyl sites for hydroxylation is 1. The fourth-order valence-corrected chi connectivity index (χ4v) is 2.95. The molecule has 0 aliphatic heterocycles. The number of hydrogen-bond acceptors (Lipinski definition) is 5. The SMILES string of the molecule is CN(Cc1ccc(Cl)s1)C(=O)Cn1cc(CCCO)nn1. The number of likely N-dealkylation sites (N-methyl/N-ethyl adjacent to an activating group) is 1. The van der Waals surface area contributed by atoms with Gasteiger partial charge in [-0.25, -0.2) is 4.68 Å². The summed E-state index contributed by atoms with van der Waals surface area (Å²) < 4.78 is 2.24. The van der Waals surface area contributed by atoms with Gasteiger partial charge in [-0.1, -0.05) is 16.8 Å². The lowest BCUT2D eigenvalue weighted by atomic mass is 10.3. The number of rotatable bonds is 7. The predicted octanol–water partition coefficient (Wildman–Crippen LogP) is 1.58. The second-order valence-corrected chi connectivity index (χ2v) is 6.49. The van der Waals surface area contributed by atoms with Crippen LogP contribution in [-0.2, 0) is 24.3 Å². The van der Waals surface area contributed by atoms with E-state index in [1.807, 2.05) is 12.1 Å². The number of aliphatic hydroxyl groups excluding tert-OH is 1. The zero-order valence-electron chi connectivity index (χ0n) is 11.7. The maximum atomic E-state index is 12.1. The largest absolute Gasteiger partial charge is 0.396 e. The van der Waals surface area contributed by atoms with E-state index >= 15 is 0 Å². The molecule has 0 atom stereocenters. The van der Waals surface area contributed by atoms with Crippen LogP contribution in [0.1, 0.15) is 17.0 Å². The fourth-order valence-electron chi connectivity index (χ4n) is 1.81. The van der Waals surface area contributed by atoms with Crippen LogP contribution in [0.25, 0.3) is 0 Å². The molecular formula is C13H17ClN4O2S. The average Bonchev–Trinajstić information content (AvgIpc) is 3.05. The van der Waals surface area contributed by atoms with Gasteiger partial charge in [-0.2, -0.15) is 0 Å². The highest BCUT2D eigenvalue weighted by molar-refractivity contribution is 7.16. The number of carbonyl (C=O) groups excluding carboxylic acids is 1. The minimum atomic E-state index is -0.0434. The van der Waals surface area contributed by atoms with E-state index < -0.39 is 0 Å². The van der Waals surface area contributed by atoms with Crippen molar-refractivity contribution < 1.29 is 9.90 Å². The molecule has 2 rings (SSSR count). The summed E-state index contributed by atoms with van der Waals surface area (Å²) in [5, 5.41) is 16.7. The van der Waals surface area contributed by atoms with Gasteiger partial charge in [0.25, 0.3) is 0 Å². The third kappa shape index (κ3) is 4.80. The highest BCUT2D eigenvalue weighted by Crippen LogP contribution is 2.22. The molecule has 1 amide bonds. The van der Waals surface area contributed by atoms with Gasteiger partial charge in [0.2, 0.25) is 5.91 Å². The summed E-state index contributed by atoms with van der Waals surface area (Å²) in [6.45, 7) is 0.807. The number of thiophene rings is 1. The summed E-state index contributed by atoms with van der Waals surface area (Å²) in [5.41, 5.74) is 0.782. The van der Waals surface area contributed by atoms with Gasteiger partial charge >= 0.3 is 0 Å². The van der Waals surface area contributed by atoms with E-state index in [0.29, 0.717) is 19.4 Å². The molecule has 0 unspecified atom stereocenters. The van der Waals surface area contributed by atoms with Crippen LogP contribution in [0, 0.1) is 0 Å². The van der Waals surface area contributed by atoms with Crippen LogP contribution in [0.4, 0.5) is 0 Å². The Bertz CT molecular complexity index is 599. The quantitative estimate of drug-likeness (QED) is 0.837. The molecule has 2 aromatic rings. The molecule has 114 valence electrons. The monoisotopic (exact) mass is 328 g/mol. The molecule has 8 heteroatoms. The van der Waals surface area contributed by atoms with E-state index in [2.05, 4.69) is 10.3 Å². The zero-order chi connectivity index (χ0) is 15.2. The van der Waals surface area contributed by atoms with Crippen molar-refractivity contribution >= 4 is 28.8 Å². The first-order chi connectivity index (χ1) is 10.1. The lowest BCUT2D eigenvalue weighted by Gasteiger charge is -2.15. The number of nitrogens with zero attached hydrogens (tertiary/aromatic N) is 4. The van der Waals surface area contributed by atoms with Gasteiger partial charge in [0, 0.05) is 24.7 Å². The summed E-state index contributed by atoms with van der Waals surface area (Å²) in [5.74, 6) is -0.0434. The molecule has 6 nitrogen and oxygen atoms in total. The zero-order valence-corrected chi connectivity index (χ0v) is 13.3. The van der Waals surface area contributed by atoms with Crippen LogP contribution in [0.3, 0.4) is 0 Å². The Morgan fingerprint density at radius 1 is 1.52 bits per heavy atom. The van der Waals surface area contributed by atoms with Gasteiger partial charge in [-0.05, 0) is 25.0 Å². The maximum absolute atomic E-state index is 12.1. The lowest BCUT2D eigenvalue weighted by molar-refractivity contribution is -0.131. The molecule has 2 aromatic heterocycles. The van der Waals surface area contributed by atoms with E-state index in [1.165, 1.54) is 16.0 Å². The van der Waals surface area contributed by atoms with E-state index in [4.69, 9.17) is 16.7 Å². The molecule has 0 aliphatic rings. The van der Waals surface area contributed by atoms with Gasteiger partial charge in [0.15, 0.2) is 0 Å². The predicted molar refractivity (Wildman–Crippen MR) is 81.2 cm³/mol. The van der Waals surface area contributed by atoms with Crippen molar-refractivity contribution in [1.29, 1.82) is 0 Å². The molecule has 0 spiro atoms. The molecule has 21 heavy (non-hydrogen) atoms. The van der Waals surface area contributed by atoms with E-state index in [0.717, 1.165) is 14.9 Å². The Morgan fingerprint density at radius 3 is 3.00 bits per heavy atom. The third-order valence-corrected chi connectivity index (χ3v) is 4.14. The fraction of sp³-hybridized carbons (Fsp3) is 0.462. The van der Waals surface area contributed by atoms with E-state index in [1.54, 1.807) is 18.1 Å². The normalized spacial score (nSPS) is 10.8. The topological polar surface area (TPSA) is 71.2 Å². The lowest BCUT2D eigenvalue weighted by Crippen LogP contribution is -2.29. The highest BCUT2D eigenvalue weighted by Gasteiger charge is 2.12. The summed E-state index contributed by atoms with van der Waals surface area (Å²) >= 11 is 7.34. The Morgan fingerprint density at radius 2 is 2.33 bits per heavy atom. The molecule has 1 N–H and O–H groups in total. The van der Waals surface area contributed by atoms with E-state index in [9.17, 15) is 4.79 Å². The summed E-state index contributed by atoms with van der Waals surface area (Å²) in [7, 11) is 1.75. The van der Waals surface area contributed by atoms with Gasteiger partial charge in [-0.15, -0.1) is 16.4 Å². The average molecular weight is 329 g/mol. The first-order valence-electron chi connectivity index (χ1n) is 6.56. The molecule has 0 saturated carbocycles.